The highest BCUT2D eigenvalue weighted by molar-refractivity contribution is 6.35. The van der Waals surface area contributed by atoms with Crippen molar-refractivity contribution in [1.29, 1.82) is 0 Å². The molecule has 0 spiro atoms. The normalized spacial score (nSPS) is 18.0. The van der Waals surface area contributed by atoms with E-state index >= 15 is 0 Å². The highest BCUT2D eigenvalue weighted by Gasteiger charge is 2.17. The van der Waals surface area contributed by atoms with Gasteiger partial charge in [-0.15, -0.1) is 0 Å². The Labute approximate surface area is 87.2 Å². The Hall–Kier alpha value is -0.280. The summed E-state index contributed by atoms with van der Waals surface area (Å²) in [5.41, 5.74) is 1.06. The molecule has 0 aromatic heterocycles. The predicted octanol–water partition coefficient (Wildman–Crippen LogP) is 2.18. The van der Waals surface area contributed by atoms with E-state index in [-0.39, 0.29) is 6.17 Å². The van der Waals surface area contributed by atoms with E-state index in [2.05, 4.69) is 10.6 Å². The largest absolute Gasteiger partial charge is 0.297 e. The molecule has 2 nitrogen and oxygen atoms in total. The first-order valence-corrected chi connectivity index (χ1v) is 4.95. The first kappa shape index (κ1) is 9.28. The Morgan fingerprint density at radius 2 is 1.85 bits per heavy atom. The second-order valence-electron chi connectivity index (χ2n) is 3.01. The first-order valence-electron chi connectivity index (χ1n) is 4.19. The third kappa shape index (κ3) is 1.97. The summed E-state index contributed by atoms with van der Waals surface area (Å²) in [4.78, 5) is 0. The minimum atomic E-state index is 0.171. The molecule has 1 aromatic carbocycles. The Kier molecular flexibility index (Phi) is 2.74. The van der Waals surface area contributed by atoms with Gasteiger partial charge in [0.15, 0.2) is 0 Å². The molecule has 0 unspecified atom stereocenters. The van der Waals surface area contributed by atoms with Gasteiger partial charge in [0, 0.05) is 28.7 Å². The molecule has 4 heteroatoms. The zero-order valence-electron chi connectivity index (χ0n) is 6.98. The van der Waals surface area contributed by atoms with E-state index in [9.17, 15) is 0 Å². The molecule has 0 atom stereocenters. The Morgan fingerprint density at radius 3 is 2.46 bits per heavy atom. The van der Waals surface area contributed by atoms with Gasteiger partial charge in [-0.05, 0) is 12.1 Å². The molecule has 0 aliphatic carbocycles. The van der Waals surface area contributed by atoms with Crippen LogP contribution in [0.2, 0.25) is 10.0 Å². The molecule has 2 N–H and O–H groups in total. The molecule has 13 heavy (non-hydrogen) atoms. The van der Waals surface area contributed by atoms with E-state index in [4.69, 9.17) is 23.2 Å². The van der Waals surface area contributed by atoms with Crippen molar-refractivity contribution in [2.24, 2.45) is 0 Å². The lowest BCUT2D eigenvalue weighted by molar-refractivity contribution is 0.588. The molecule has 1 saturated heterocycles. The molecule has 0 amide bonds. The summed E-state index contributed by atoms with van der Waals surface area (Å²) in [6, 6.07) is 5.56. The molecule has 0 saturated carbocycles. The summed E-state index contributed by atoms with van der Waals surface area (Å²) in [5, 5.41) is 7.97. The maximum Gasteiger partial charge on any atom is 0.0850 e. The summed E-state index contributed by atoms with van der Waals surface area (Å²) in [6.07, 6.45) is 0.171. The second kappa shape index (κ2) is 3.84. The van der Waals surface area contributed by atoms with E-state index in [1.54, 1.807) is 6.07 Å². The molecule has 1 aromatic rings. The van der Waals surface area contributed by atoms with Gasteiger partial charge in [-0.25, -0.2) is 0 Å². The third-order valence-corrected chi connectivity index (χ3v) is 2.66. The van der Waals surface area contributed by atoms with E-state index in [1.807, 2.05) is 12.1 Å². The smallest absolute Gasteiger partial charge is 0.0850 e. The highest BCUT2D eigenvalue weighted by atomic mass is 35.5. The zero-order valence-corrected chi connectivity index (χ0v) is 8.49. The summed E-state index contributed by atoms with van der Waals surface area (Å²) in [6.45, 7) is 1.95. The SMILES string of the molecule is Clc1ccc(C2NCCN2)c(Cl)c1. The van der Waals surface area contributed by atoms with Crippen LogP contribution in [0.5, 0.6) is 0 Å². The summed E-state index contributed by atoms with van der Waals surface area (Å²) in [7, 11) is 0. The Bertz CT molecular complexity index is 308. The van der Waals surface area contributed by atoms with Crippen LogP contribution in [-0.2, 0) is 0 Å². The zero-order chi connectivity index (χ0) is 9.26. The number of rotatable bonds is 1. The minimum Gasteiger partial charge on any atom is -0.297 e. The van der Waals surface area contributed by atoms with Gasteiger partial charge in [0.25, 0.3) is 0 Å². The van der Waals surface area contributed by atoms with Crippen LogP contribution in [0.1, 0.15) is 11.7 Å². The van der Waals surface area contributed by atoms with E-state index < -0.39 is 0 Å². The van der Waals surface area contributed by atoms with Gasteiger partial charge in [0.1, 0.15) is 0 Å². The van der Waals surface area contributed by atoms with Gasteiger partial charge in [-0.2, -0.15) is 0 Å². The summed E-state index contributed by atoms with van der Waals surface area (Å²) < 4.78 is 0. The van der Waals surface area contributed by atoms with Gasteiger partial charge in [-0.3, -0.25) is 10.6 Å². The lowest BCUT2D eigenvalue weighted by Gasteiger charge is -2.12. The topological polar surface area (TPSA) is 24.1 Å². The first-order chi connectivity index (χ1) is 6.27. The molecular formula is C9H10Cl2N2. The molecule has 70 valence electrons. The number of hydrogen-bond donors (Lipinski definition) is 2. The average molecular weight is 217 g/mol. The van der Waals surface area contributed by atoms with Gasteiger partial charge in [0.05, 0.1) is 6.17 Å². The molecule has 0 bridgehead atoms. The standard InChI is InChI=1S/C9H10Cl2N2/c10-6-1-2-7(8(11)5-6)9-12-3-4-13-9/h1-2,5,9,12-13H,3-4H2. The van der Waals surface area contributed by atoms with Crippen LogP contribution in [0, 0.1) is 0 Å². The van der Waals surface area contributed by atoms with E-state index in [0.717, 1.165) is 18.7 Å². The summed E-state index contributed by atoms with van der Waals surface area (Å²) in [5.74, 6) is 0. The molecule has 0 radical (unpaired) electrons. The predicted molar refractivity (Wildman–Crippen MR) is 55.2 cm³/mol. The van der Waals surface area contributed by atoms with Crippen LogP contribution >= 0.6 is 23.2 Å². The maximum atomic E-state index is 6.05. The van der Waals surface area contributed by atoms with Crippen LogP contribution in [-0.4, -0.2) is 13.1 Å². The fraction of sp³-hybridized carbons (Fsp3) is 0.333. The third-order valence-electron chi connectivity index (χ3n) is 2.10. The van der Waals surface area contributed by atoms with E-state index in [0.29, 0.717) is 10.0 Å². The van der Waals surface area contributed by atoms with Crippen molar-refractivity contribution in [2.45, 2.75) is 6.17 Å². The van der Waals surface area contributed by atoms with E-state index in [1.165, 1.54) is 0 Å². The van der Waals surface area contributed by atoms with Crippen LogP contribution in [0.15, 0.2) is 18.2 Å². The van der Waals surface area contributed by atoms with Crippen molar-refractivity contribution >= 4 is 23.2 Å². The van der Waals surface area contributed by atoms with Gasteiger partial charge in [0.2, 0.25) is 0 Å². The minimum absolute atomic E-state index is 0.171. The van der Waals surface area contributed by atoms with Crippen molar-refractivity contribution in [2.75, 3.05) is 13.1 Å². The van der Waals surface area contributed by atoms with Crippen LogP contribution in [0.4, 0.5) is 0 Å². The highest BCUT2D eigenvalue weighted by Crippen LogP contribution is 2.25. The average Bonchev–Trinajstić information content (AvgIpc) is 2.56. The van der Waals surface area contributed by atoms with Gasteiger partial charge < -0.3 is 0 Å². The Balaban J connectivity index is 2.29. The lowest BCUT2D eigenvalue weighted by Crippen LogP contribution is -2.21. The van der Waals surface area contributed by atoms with Crippen molar-refractivity contribution in [3.8, 4) is 0 Å². The number of nitrogens with one attached hydrogen (secondary N) is 2. The fourth-order valence-corrected chi connectivity index (χ4v) is 1.98. The molecule has 1 fully saturated rings. The number of benzene rings is 1. The van der Waals surface area contributed by atoms with Crippen LogP contribution in [0.25, 0.3) is 0 Å². The molecule has 1 aliphatic heterocycles. The monoisotopic (exact) mass is 216 g/mol. The van der Waals surface area contributed by atoms with Crippen molar-refractivity contribution in [1.82, 2.24) is 10.6 Å². The fourth-order valence-electron chi connectivity index (χ4n) is 1.46. The molecule has 2 rings (SSSR count). The molecule has 1 heterocycles. The number of hydrogen-bond acceptors (Lipinski definition) is 2. The van der Waals surface area contributed by atoms with Gasteiger partial charge >= 0.3 is 0 Å². The quantitative estimate of drug-likeness (QED) is 0.753. The number of halogens is 2. The van der Waals surface area contributed by atoms with Crippen molar-refractivity contribution in [3.05, 3.63) is 33.8 Å². The van der Waals surface area contributed by atoms with Crippen molar-refractivity contribution in [3.63, 3.8) is 0 Å². The van der Waals surface area contributed by atoms with Gasteiger partial charge in [-0.1, -0.05) is 29.3 Å². The lowest BCUT2D eigenvalue weighted by atomic mass is 10.2. The maximum absolute atomic E-state index is 6.05. The van der Waals surface area contributed by atoms with Crippen LogP contribution < -0.4 is 10.6 Å². The Morgan fingerprint density at radius 1 is 1.15 bits per heavy atom. The van der Waals surface area contributed by atoms with Crippen LogP contribution in [0.3, 0.4) is 0 Å². The van der Waals surface area contributed by atoms with Crippen molar-refractivity contribution < 1.29 is 0 Å². The second-order valence-corrected chi connectivity index (χ2v) is 3.85. The summed E-state index contributed by atoms with van der Waals surface area (Å²) >= 11 is 11.8. The molecule has 1 aliphatic rings. The molecular weight excluding hydrogens is 207 g/mol.